The molecule has 3 aromatic heterocycles. The molecule has 3 aromatic rings. The van der Waals surface area contributed by atoms with Gasteiger partial charge in [-0.25, -0.2) is 19.6 Å². The first kappa shape index (κ1) is 76.2. The number of hydrogen-bond donors (Lipinski definition) is 5. The number of aromatic amines is 3. The number of halogens is 4. The maximum Gasteiger partial charge on any atom is 0.438 e. The van der Waals surface area contributed by atoms with Gasteiger partial charge in [-0.2, -0.15) is 19.7 Å². The number of fused-ring (bicyclic) bond motifs is 6. The second-order valence-electron chi connectivity index (χ2n) is 28.7. The van der Waals surface area contributed by atoms with Crippen LogP contribution in [0.2, 0.25) is 0 Å². The molecule has 10 heterocycles. The highest BCUT2D eigenvalue weighted by Gasteiger charge is 2.49. The number of carbonyl (C=O) groups is 1. The third kappa shape index (κ3) is 17.6. The summed E-state index contributed by atoms with van der Waals surface area (Å²) in [5.74, 6) is 11.5. The zero-order valence-corrected chi connectivity index (χ0v) is 59.8. The van der Waals surface area contributed by atoms with Crippen molar-refractivity contribution in [2.24, 2.45) is 81.1 Å². The summed E-state index contributed by atoms with van der Waals surface area (Å²) in [6, 6.07) is 3.97. The molecule has 520 valence electrons. The number of nitrogens with zero attached hydrogens (tertiary/aromatic N) is 13. The van der Waals surface area contributed by atoms with Crippen molar-refractivity contribution in [3.05, 3.63) is 32.9 Å². The topological polar surface area (TPSA) is 292 Å². The van der Waals surface area contributed by atoms with E-state index in [0.29, 0.717) is 46.4 Å². The van der Waals surface area contributed by atoms with Gasteiger partial charge in [-0.15, -0.1) is 64.2 Å². The quantitative estimate of drug-likeness (QED) is 0.149. The van der Waals surface area contributed by atoms with Crippen LogP contribution >= 0.6 is 61.8 Å². The summed E-state index contributed by atoms with van der Waals surface area (Å²) in [5, 5.41) is 30.3. The fraction of sp³-hybridized carbons (Fsp3) is 0.871. The van der Waals surface area contributed by atoms with Gasteiger partial charge < -0.3 is 10.3 Å². The van der Waals surface area contributed by atoms with E-state index in [1.165, 1.54) is 167 Å². The molecule has 24 nitrogen and oxygen atoms in total. The van der Waals surface area contributed by atoms with Crippen molar-refractivity contribution in [2.75, 3.05) is 81.6 Å². The molecule has 6 saturated carbocycles. The molecule has 19 atom stereocenters. The average molecular weight is 1410 g/mol. The molecule has 0 radical (unpaired) electrons. The summed E-state index contributed by atoms with van der Waals surface area (Å²) in [6.45, 7) is 6.85. The second kappa shape index (κ2) is 35.4. The maximum atomic E-state index is 11.2. The van der Waals surface area contributed by atoms with Crippen LogP contribution in [0.4, 0.5) is 0 Å². The van der Waals surface area contributed by atoms with E-state index in [0.717, 1.165) is 91.0 Å². The van der Waals surface area contributed by atoms with Crippen molar-refractivity contribution in [3.63, 3.8) is 0 Å². The van der Waals surface area contributed by atoms with Gasteiger partial charge in [0.15, 0.2) is 23.3 Å². The largest absolute Gasteiger partial charge is 0.438 e. The molecule has 6 aliphatic carbocycles. The number of nitriles is 1. The third-order valence-corrected chi connectivity index (χ3v) is 24.2. The predicted octanol–water partition coefficient (Wildman–Crippen LogP) is 9.20. The maximum absolute atomic E-state index is 11.2. The number of nitrogens with one attached hydrogen (secondary N) is 4. The molecule has 13 aliphatic rings. The fourth-order valence-corrected chi connectivity index (χ4v) is 20.4. The minimum absolute atomic E-state index is 0. The van der Waals surface area contributed by atoms with E-state index >= 15 is 0 Å². The molecule has 12 fully saturated rings. The number of hydrogen-bond acceptors (Lipinski definition) is 20. The van der Waals surface area contributed by atoms with Gasteiger partial charge >= 0.3 is 21.9 Å². The molecule has 1 unspecified atom stereocenters. The molecule has 6 saturated heterocycles. The van der Waals surface area contributed by atoms with E-state index in [-0.39, 0.29) is 79.7 Å². The molecule has 0 aromatic carbocycles. The van der Waals surface area contributed by atoms with Gasteiger partial charge in [0, 0.05) is 39.3 Å². The number of rotatable bonds is 5. The molecule has 7 aliphatic heterocycles. The van der Waals surface area contributed by atoms with Gasteiger partial charge in [0.2, 0.25) is 5.91 Å². The minimum Gasteiger partial charge on any atom is -0.368 e. The van der Waals surface area contributed by atoms with Crippen molar-refractivity contribution in [1.29, 1.82) is 5.26 Å². The van der Waals surface area contributed by atoms with Gasteiger partial charge in [0.1, 0.15) is 6.04 Å². The monoisotopic (exact) mass is 1400 g/mol. The first-order chi connectivity index (χ1) is 42.6. The lowest BCUT2D eigenvalue weighted by molar-refractivity contribution is -0.123. The summed E-state index contributed by atoms with van der Waals surface area (Å²) in [7, 11) is 12.7. The molecule has 0 bridgehead atoms. The smallest absolute Gasteiger partial charge is 0.368 e. The van der Waals surface area contributed by atoms with Crippen LogP contribution < -0.4 is 17.0 Å². The van der Waals surface area contributed by atoms with Crippen LogP contribution in [0.15, 0.2) is 18.2 Å². The Balaban J connectivity index is 0.000000156. The average Bonchev–Trinajstić information content (AvgIpc) is 1.72. The van der Waals surface area contributed by atoms with E-state index in [1.807, 2.05) is 7.05 Å². The van der Waals surface area contributed by atoms with Crippen LogP contribution in [0.3, 0.4) is 0 Å². The SMILES string of the molecule is CN1C[C@@H]2CCCC[C@@H]2[C@@H]1C#N.CN1C[C@@H]2CCCC[C@@H]2[C@@H]1C(N)=O.CN1C[C@@H]2CCCC[C@@H]2[C@@H]1C1=NS(=O)ON1.CN1C[C@@H]2CCCC[C@@H]2[C@@H]1c1nc(=S)o[nH]1.CN1C[C@@H]2CCCC[C@@H]2[C@@H]1c1nn[nH]n1.CN1C[C@@H]2CCCC[C@@H]2[C@@H]1c1noc(=O)[nH]1.Cl.Cl.Cl.Cl. The number of likely N-dealkylation sites (tertiary alicyclic amines) is 6. The molecule has 1 amide bonds. The van der Waals surface area contributed by atoms with Crippen LogP contribution in [0.5, 0.6) is 0 Å². The van der Waals surface area contributed by atoms with E-state index < -0.39 is 17.0 Å². The Morgan fingerprint density at radius 2 is 0.989 bits per heavy atom. The molecule has 92 heavy (non-hydrogen) atoms. The number of carbonyl (C=O) groups excluding carboxylic acids is 1. The lowest BCUT2D eigenvalue weighted by Gasteiger charge is -2.28. The first-order valence-corrected chi connectivity index (χ1v) is 35.3. The van der Waals surface area contributed by atoms with Gasteiger partial charge in [0.05, 0.1) is 36.3 Å². The summed E-state index contributed by atoms with van der Waals surface area (Å²) in [6.07, 6.45) is 31.8. The number of likely N-dealkylation sites (N-methyl/N-ethyl adjacent to an activating group) is 2. The number of nitrogens with two attached hydrogens (primary N) is 1. The van der Waals surface area contributed by atoms with Gasteiger partial charge in [-0.05, 0) is 203 Å². The predicted molar refractivity (Wildman–Crippen MR) is 365 cm³/mol. The Morgan fingerprint density at radius 3 is 1.42 bits per heavy atom. The molecule has 0 spiro atoms. The van der Waals surface area contributed by atoms with Crippen molar-refractivity contribution < 1.29 is 22.3 Å². The first-order valence-electron chi connectivity index (χ1n) is 33.8. The highest BCUT2D eigenvalue weighted by atomic mass is 35.5. The number of amidine groups is 1. The fourth-order valence-electron chi connectivity index (χ4n) is 19.7. The third-order valence-electron chi connectivity index (χ3n) is 23.4. The van der Waals surface area contributed by atoms with Crippen molar-refractivity contribution >= 4 is 84.9 Å². The highest BCUT2D eigenvalue weighted by Crippen LogP contribution is 2.49. The Bertz CT molecular complexity index is 2880. The Labute approximate surface area is 576 Å². The summed E-state index contributed by atoms with van der Waals surface area (Å²) in [5.41, 5.74) is 8.13. The normalized spacial score (nSPS) is 37.1. The molecular weight excluding hydrogens is 1300 g/mol. The van der Waals surface area contributed by atoms with Crippen LogP contribution in [0.25, 0.3) is 0 Å². The summed E-state index contributed by atoms with van der Waals surface area (Å²) >= 11 is 3.40. The highest BCUT2D eigenvalue weighted by molar-refractivity contribution is 7.79. The number of tetrazole rings is 1. The van der Waals surface area contributed by atoms with E-state index in [4.69, 9.17) is 32.0 Å². The standard InChI is InChI=1S/C11H17N3O2.C11H17N3OS.C10H17N5.C10H17N3O2S.C10H18N2O.C10H16N2.4ClH/c1-14-6-7-4-2-3-5-8(7)9(14)10-12-11(15)16-13-10;1-14-6-7-4-2-3-5-8(7)9(14)10-12-11(16)15-13-10;1-15-6-7-4-2-3-5-8(7)9(15)10-11-13-14-12-10;1-13-6-7-4-2-3-5-8(7)9(13)10-11-15-16(14)12-10;1-12-6-7-4-2-3-5-8(7)9(12)10(11)13;1-12-7-8-4-2-3-5-9(8)10(12)6-11;;;;/h7-9H,2-6H2,1H3,(H,12,13,15);7-9H,2-6H2,1H3,(H,12,13,16);7-9H,2-6H2,1H3,(H,11,12,13,14);7-9H,2-6H2,1H3,(H,11,12);7-9H,2-6H2,1H3,(H2,11,13);8-10H,2-5,7H2,1H3;4*1H/t3*7-,8-,9+;7-,8-,9+,16?;7-,8-,9+;8-,9-,10-;;;;/m000000..../s1. The number of amides is 1. The zero-order chi connectivity index (χ0) is 61.6. The lowest BCUT2D eigenvalue weighted by Crippen LogP contribution is -2.43. The van der Waals surface area contributed by atoms with Crippen molar-refractivity contribution in [1.82, 2.24) is 75.8 Å². The summed E-state index contributed by atoms with van der Waals surface area (Å²) < 4.78 is 29.6. The van der Waals surface area contributed by atoms with E-state index in [2.05, 4.69) is 126 Å². The number of primary amides is 1. The summed E-state index contributed by atoms with van der Waals surface area (Å²) in [4.78, 5) is 43.4. The zero-order valence-electron chi connectivity index (χ0n) is 54.9. The van der Waals surface area contributed by atoms with E-state index in [1.54, 1.807) is 0 Å². The van der Waals surface area contributed by atoms with Crippen LogP contribution in [-0.2, 0) is 20.3 Å². The van der Waals surface area contributed by atoms with E-state index in [9.17, 15) is 13.8 Å². The number of hydroxylamine groups is 1. The Morgan fingerprint density at radius 1 is 0.576 bits per heavy atom. The van der Waals surface area contributed by atoms with Gasteiger partial charge in [-0.1, -0.05) is 87.4 Å². The molecular formula is C62H106Cl4N18O6S2. The van der Waals surface area contributed by atoms with Gasteiger partial charge in [-0.3, -0.25) is 43.7 Å². The number of aromatic nitrogens is 8. The second-order valence-corrected chi connectivity index (χ2v) is 29.8. The Kier molecular flexibility index (Phi) is 29.3. The van der Waals surface area contributed by atoms with Crippen molar-refractivity contribution in [3.8, 4) is 6.07 Å². The van der Waals surface area contributed by atoms with Crippen LogP contribution in [0.1, 0.15) is 190 Å². The molecule has 6 N–H and O–H groups in total. The van der Waals surface area contributed by atoms with Crippen LogP contribution in [-0.4, -0.2) is 186 Å². The minimum atomic E-state index is -1.53. The molecule has 30 heteroatoms. The Hall–Kier alpha value is -3.17. The van der Waals surface area contributed by atoms with Crippen LogP contribution in [0, 0.1) is 87.2 Å². The van der Waals surface area contributed by atoms with Gasteiger partial charge in [0.25, 0.3) is 0 Å². The number of H-pyrrole nitrogens is 3. The molecule has 16 rings (SSSR count). The van der Waals surface area contributed by atoms with Crippen molar-refractivity contribution in [2.45, 2.75) is 190 Å². The lowest BCUT2D eigenvalue weighted by atomic mass is 9.78.